The maximum Gasteiger partial charge on any atom is 0.124 e. The van der Waals surface area contributed by atoms with Crippen LogP contribution < -0.4 is 4.90 Å². The lowest BCUT2D eigenvalue weighted by Gasteiger charge is -2.30. The Morgan fingerprint density at radius 3 is 1.63 bits per heavy atom. The number of nitrogens with zero attached hydrogens (tertiary/aromatic N) is 3. The zero-order valence-electron chi connectivity index (χ0n) is 34.5. The van der Waals surface area contributed by atoms with Crippen molar-refractivity contribution in [3.63, 3.8) is 0 Å². The maximum absolute atomic E-state index is 5.54. The van der Waals surface area contributed by atoms with E-state index in [2.05, 4.69) is 236 Å². The highest BCUT2D eigenvalue weighted by atomic mass is 15.2. The Bertz CT molecular complexity index is 3380. The number of hydrogen-bond acceptors (Lipinski definition) is 2. The van der Waals surface area contributed by atoms with Crippen LogP contribution in [0.1, 0.15) is 47.5 Å². The largest absolute Gasteiger partial charge is 0.308 e. The van der Waals surface area contributed by atoms with E-state index in [1.165, 1.54) is 72.4 Å². The van der Waals surface area contributed by atoms with Gasteiger partial charge in [0.1, 0.15) is 11.3 Å². The van der Waals surface area contributed by atoms with Crippen LogP contribution >= 0.6 is 0 Å². The number of hydrogen-bond donors (Lipinski definition) is 0. The number of imidazole rings is 1. The number of rotatable bonds is 5. The van der Waals surface area contributed by atoms with E-state index in [4.69, 9.17) is 4.98 Å². The molecule has 0 bridgehead atoms. The number of benzene rings is 9. The number of aromatic nitrogens is 2. The molecule has 1 spiro atoms. The highest BCUT2D eigenvalue weighted by Crippen LogP contribution is 2.63. The van der Waals surface area contributed by atoms with Crippen LogP contribution in [0, 0.1) is 0 Å². The predicted molar refractivity (Wildman–Crippen MR) is 255 cm³/mol. The Balaban J connectivity index is 1.00. The van der Waals surface area contributed by atoms with Gasteiger partial charge in [0.15, 0.2) is 0 Å². The predicted octanol–water partition coefficient (Wildman–Crippen LogP) is 14.8. The van der Waals surface area contributed by atoms with Gasteiger partial charge in [-0.25, -0.2) is 4.98 Å². The molecular formula is C59H41N3. The van der Waals surface area contributed by atoms with E-state index in [1.54, 1.807) is 0 Å². The summed E-state index contributed by atoms with van der Waals surface area (Å²) in [5.74, 6) is 1.07. The van der Waals surface area contributed by atoms with Crippen LogP contribution in [0.25, 0.3) is 61.2 Å². The lowest BCUT2D eigenvalue weighted by molar-refractivity contribution is 0.621. The smallest absolute Gasteiger partial charge is 0.124 e. The Labute approximate surface area is 361 Å². The van der Waals surface area contributed by atoms with Gasteiger partial charge in [-0.15, -0.1) is 0 Å². The zero-order chi connectivity index (χ0) is 41.2. The Hall–Kier alpha value is -7.75. The first-order valence-corrected chi connectivity index (χ1v) is 21.6. The molecule has 0 saturated carbocycles. The minimum Gasteiger partial charge on any atom is -0.308 e. The molecule has 0 radical (unpaired) electrons. The summed E-state index contributed by atoms with van der Waals surface area (Å²) in [6.07, 6.45) is 0. The average Bonchev–Trinajstić information content (AvgIpc) is 4.03. The summed E-state index contributed by atoms with van der Waals surface area (Å²) in [7, 11) is 0. The van der Waals surface area contributed by atoms with Crippen LogP contribution in [0.15, 0.2) is 212 Å². The normalized spacial score (nSPS) is 14.2. The number of anilines is 3. The average molecular weight is 792 g/mol. The van der Waals surface area contributed by atoms with Crippen molar-refractivity contribution in [2.24, 2.45) is 0 Å². The van der Waals surface area contributed by atoms with E-state index in [1.807, 2.05) is 0 Å². The third-order valence-corrected chi connectivity index (χ3v) is 13.9. The second-order valence-corrected chi connectivity index (χ2v) is 17.5. The van der Waals surface area contributed by atoms with Gasteiger partial charge >= 0.3 is 0 Å². The van der Waals surface area contributed by atoms with Gasteiger partial charge in [0, 0.05) is 11.4 Å². The summed E-state index contributed by atoms with van der Waals surface area (Å²) in [4.78, 5) is 7.94. The second-order valence-electron chi connectivity index (χ2n) is 17.5. The van der Waals surface area contributed by atoms with Crippen molar-refractivity contribution in [2.75, 3.05) is 4.90 Å². The summed E-state index contributed by atoms with van der Waals surface area (Å²) >= 11 is 0. The molecule has 0 N–H and O–H groups in total. The van der Waals surface area contributed by atoms with Crippen molar-refractivity contribution >= 4 is 28.1 Å². The highest BCUT2D eigenvalue weighted by Gasteiger charge is 2.51. The molecule has 2 aliphatic carbocycles. The molecule has 1 aliphatic heterocycles. The molecule has 0 unspecified atom stereocenters. The summed E-state index contributed by atoms with van der Waals surface area (Å²) in [6.45, 7) is 4.59. The topological polar surface area (TPSA) is 21.1 Å². The summed E-state index contributed by atoms with van der Waals surface area (Å²) < 4.78 is 2.37. The quantitative estimate of drug-likeness (QED) is 0.173. The molecule has 1 aromatic heterocycles. The van der Waals surface area contributed by atoms with Gasteiger partial charge in [0.25, 0.3) is 0 Å². The monoisotopic (exact) mass is 791 g/mol. The van der Waals surface area contributed by atoms with Crippen molar-refractivity contribution in [1.82, 2.24) is 9.55 Å². The van der Waals surface area contributed by atoms with Gasteiger partial charge in [-0.05, 0) is 135 Å². The van der Waals surface area contributed by atoms with Crippen LogP contribution in [-0.4, -0.2) is 9.55 Å². The summed E-state index contributed by atoms with van der Waals surface area (Å²) in [5.41, 5.74) is 22.6. The molecule has 2 heterocycles. The van der Waals surface area contributed by atoms with Crippen LogP contribution in [0.3, 0.4) is 0 Å². The molecule has 292 valence electrons. The standard InChI is InChI=1S/C59H41N3/c1-58(2)51-26-12-13-27-53(51)62-55-29-15-28-54(56(55)60-57(58)62)61(42-33-30-39(31-34-42)38-16-4-3-5-17-38)43-19-14-18-40(36-43)41-32-35-47-46-22-8-11-25-50(46)59(52(47)37-41)48-23-9-6-20-44(48)45-21-7-10-24-49(45)59/h3-37H,1-2H3. The zero-order valence-corrected chi connectivity index (χ0v) is 34.5. The van der Waals surface area contributed by atoms with Crippen molar-refractivity contribution in [3.8, 4) is 50.2 Å². The van der Waals surface area contributed by atoms with E-state index in [0.717, 1.165) is 39.5 Å². The Kier molecular flexibility index (Phi) is 7.28. The van der Waals surface area contributed by atoms with Gasteiger partial charge in [-0.3, -0.25) is 4.57 Å². The molecule has 3 aliphatic rings. The van der Waals surface area contributed by atoms with E-state index in [9.17, 15) is 0 Å². The first kappa shape index (κ1) is 35.0. The number of para-hydroxylation sites is 2. The first-order chi connectivity index (χ1) is 30.5. The van der Waals surface area contributed by atoms with E-state index >= 15 is 0 Å². The molecular weight excluding hydrogens is 751 g/mol. The molecule has 10 aromatic rings. The number of fused-ring (bicyclic) bond motifs is 15. The highest BCUT2D eigenvalue weighted by molar-refractivity contribution is 5.99. The van der Waals surface area contributed by atoms with Crippen molar-refractivity contribution in [1.29, 1.82) is 0 Å². The van der Waals surface area contributed by atoms with Crippen molar-refractivity contribution in [2.45, 2.75) is 24.7 Å². The van der Waals surface area contributed by atoms with E-state index in [0.29, 0.717) is 0 Å². The first-order valence-electron chi connectivity index (χ1n) is 21.6. The molecule has 0 atom stereocenters. The van der Waals surface area contributed by atoms with Crippen LogP contribution in [0.4, 0.5) is 17.1 Å². The van der Waals surface area contributed by atoms with Gasteiger partial charge in [0.2, 0.25) is 0 Å². The molecule has 9 aromatic carbocycles. The molecule has 62 heavy (non-hydrogen) atoms. The van der Waals surface area contributed by atoms with Crippen LogP contribution in [0.2, 0.25) is 0 Å². The summed E-state index contributed by atoms with van der Waals surface area (Å²) in [6, 6.07) is 78.3. The third kappa shape index (κ3) is 4.68. The third-order valence-electron chi connectivity index (χ3n) is 13.9. The lowest BCUT2D eigenvalue weighted by atomic mass is 9.70. The molecule has 0 amide bonds. The molecule has 3 heteroatoms. The molecule has 0 saturated heterocycles. The van der Waals surface area contributed by atoms with Gasteiger partial charge in [0.05, 0.1) is 27.7 Å². The van der Waals surface area contributed by atoms with Crippen molar-refractivity contribution < 1.29 is 0 Å². The van der Waals surface area contributed by atoms with E-state index < -0.39 is 5.41 Å². The molecule has 13 rings (SSSR count). The minimum absolute atomic E-state index is 0.236. The fourth-order valence-electron chi connectivity index (χ4n) is 11.2. The SMILES string of the molecule is CC1(C)c2ccccc2-n2c1nc1c(N(c3ccc(-c4ccccc4)cc3)c3cccc(-c4ccc5c(c4)C4(c6ccccc6-c6ccccc64)c4ccccc4-5)c3)cccc12. The Morgan fingerprint density at radius 1 is 0.403 bits per heavy atom. The Morgan fingerprint density at radius 2 is 0.935 bits per heavy atom. The molecule has 3 nitrogen and oxygen atoms in total. The van der Waals surface area contributed by atoms with Gasteiger partial charge in [-0.2, -0.15) is 0 Å². The van der Waals surface area contributed by atoms with E-state index in [-0.39, 0.29) is 5.41 Å². The van der Waals surface area contributed by atoms with Crippen molar-refractivity contribution in [3.05, 3.63) is 246 Å². The fourth-order valence-corrected chi connectivity index (χ4v) is 11.2. The summed E-state index contributed by atoms with van der Waals surface area (Å²) in [5, 5.41) is 0. The lowest BCUT2D eigenvalue weighted by Crippen LogP contribution is -2.25. The van der Waals surface area contributed by atoms with Gasteiger partial charge in [-0.1, -0.05) is 164 Å². The molecule has 0 fully saturated rings. The minimum atomic E-state index is -0.400. The van der Waals surface area contributed by atoms with Crippen LogP contribution in [-0.2, 0) is 10.8 Å². The second kappa shape index (κ2) is 12.9. The fraction of sp³-hybridized carbons (Fsp3) is 0.0678. The maximum atomic E-state index is 5.54. The van der Waals surface area contributed by atoms with Crippen LogP contribution in [0.5, 0.6) is 0 Å². The van der Waals surface area contributed by atoms with Gasteiger partial charge < -0.3 is 4.90 Å².